The van der Waals surface area contributed by atoms with Gasteiger partial charge in [-0.15, -0.1) is 0 Å². The smallest absolute Gasteiger partial charge is 0.110 e. The second kappa shape index (κ2) is 4.40. The van der Waals surface area contributed by atoms with Gasteiger partial charge in [0.2, 0.25) is 0 Å². The summed E-state index contributed by atoms with van der Waals surface area (Å²) in [4.78, 5) is 0. The molecule has 1 aromatic rings. The molecule has 1 radical (unpaired) electrons. The Bertz CT molecular complexity index is 240. The minimum atomic E-state index is 0.191. The Labute approximate surface area is 78.5 Å². The number of benzene rings is 1. The van der Waals surface area contributed by atoms with Gasteiger partial charge in [-0.25, -0.2) is 0 Å². The van der Waals surface area contributed by atoms with Crippen molar-refractivity contribution >= 4 is 0 Å². The van der Waals surface area contributed by atoms with Crippen LogP contribution in [0, 0.1) is 6.61 Å². The predicted molar refractivity (Wildman–Crippen MR) is 50.1 cm³/mol. The first kappa shape index (κ1) is 8.73. The highest BCUT2D eigenvalue weighted by atomic mass is 16.6. The van der Waals surface area contributed by atoms with E-state index in [2.05, 4.69) is 12.1 Å². The lowest BCUT2D eigenvalue weighted by atomic mass is 10.1. The molecule has 69 valence electrons. The molecule has 0 bridgehead atoms. The number of hydrogen-bond donors (Lipinski definition) is 0. The van der Waals surface area contributed by atoms with Crippen LogP contribution < -0.4 is 0 Å². The van der Waals surface area contributed by atoms with Gasteiger partial charge in [0.25, 0.3) is 0 Å². The van der Waals surface area contributed by atoms with Crippen molar-refractivity contribution in [3.8, 4) is 0 Å². The molecule has 2 nitrogen and oxygen atoms in total. The summed E-state index contributed by atoms with van der Waals surface area (Å²) < 4.78 is 10.7. The first-order chi connectivity index (χ1) is 6.45. The third-order valence-corrected chi connectivity index (χ3v) is 2.08. The zero-order valence-corrected chi connectivity index (χ0v) is 7.48. The van der Waals surface area contributed by atoms with Crippen LogP contribution in [0.15, 0.2) is 30.3 Å². The molecule has 1 fully saturated rings. The fourth-order valence-electron chi connectivity index (χ4n) is 1.45. The highest BCUT2D eigenvalue weighted by Crippen LogP contribution is 2.10. The summed E-state index contributed by atoms with van der Waals surface area (Å²) >= 11 is 0. The number of ether oxygens (including phenoxy) is 2. The number of rotatable bonds is 2. The van der Waals surface area contributed by atoms with E-state index in [9.17, 15) is 0 Å². The summed E-state index contributed by atoms with van der Waals surface area (Å²) in [5, 5.41) is 0. The summed E-state index contributed by atoms with van der Waals surface area (Å²) in [6, 6.07) is 10.3. The predicted octanol–water partition coefficient (Wildman–Crippen LogP) is 1.81. The molecule has 1 saturated heterocycles. The average molecular weight is 177 g/mol. The topological polar surface area (TPSA) is 18.5 Å². The Morgan fingerprint density at radius 3 is 2.77 bits per heavy atom. The quantitative estimate of drug-likeness (QED) is 0.686. The van der Waals surface area contributed by atoms with Gasteiger partial charge in [0, 0.05) is 6.42 Å². The minimum absolute atomic E-state index is 0.191. The van der Waals surface area contributed by atoms with Crippen molar-refractivity contribution in [2.24, 2.45) is 0 Å². The van der Waals surface area contributed by atoms with Crippen molar-refractivity contribution in [2.45, 2.75) is 12.5 Å². The van der Waals surface area contributed by atoms with Gasteiger partial charge in [-0.3, -0.25) is 0 Å². The zero-order chi connectivity index (χ0) is 8.93. The molecule has 1 atom stereocenters. The molecule has 2 rings (SSSR count). The molecule has 1 aromatic carbocycles. The van der Waals surface area contributed by atoms with Crippen LogP contribution in [0.5, 0.6) is 0 Å². The van der Waals surface area contributed by atoms with Crippen LogP contribution >= 0.6 is 0 Å². The van der Waals surface area contributed by atoms with E-state index in [1.165, 1.54) is 5.56 Å². The van der Waals surface area contributed by atoms with Crippen molar-refractivity contribution in [2.75, 3.05) is 13.2 Å². The molecule has 0 amide bonds. The summed E-state index contributed by atoms with van der Waals surface area (Å²) in [6.45, 7) is 3.05. The number of hydrogen-bond acceptors (Lipinski definition) is 2. The van der Waals surface area contributed by atoms with E-state index in [-0.39, 0.29) is 6.10 Å². The lowest BCUT2D eigenvalue weighted by Gasteiger charge is -2.22. The maximum atomic E-state index is 5.43. The standard InChI is InChI=1S/C11H13O2/c1-2-4-10(5-3-1)8-11-9-12-6-7-13-11/h1-5,7,11H,6,8-9H2. The van der Waals surface area contributed by atoms with Gasteiger partial charge >= 0.3 is 0 Å². The molecule has 0 spiro atoms. The van der Waals surface area contributed by atoms with Gasteiger partial charge in [0.05, 0.1) is 19.3 Å². The molecule has 2 heteroatoms. The molecule has 1 heterocycles. The van der Waals surface area contributed by atoms with Crippen LogP contribution in [-0.4, -0.2) is 19.3 Å². The summed E-state index contributed by atoms with van der Waals surface area (Å²) in [6.07, 6.45) is 1.12. The second-order valence-electron chi connectivity index (χ2n) is 3.15. The molecule has 1 aliphatic rings. The van der Waals surface area contributed by atoms with Crippen LogP contribution in [0.25, 0.3) is 0 Å². The van der Waals surface area contributed by atoms with Crippen molar-refractivity contribution in [1.82, 2.24) is 0 Å². The summed E-state index contributed by atoms with van der Waals surface area (Å²) in [5.41, 5.74) is 1.30. The Morgan fingerprint density at radius 2 is 2.08 bits per heavy atom. The van der Waals surface area contributed by atoms with Gasteiger partial charge in [0.1, 0.15) is 6.61 Å². The molecule has 0 saturated carbocycles. The van der Waals surface area contributed by atoms with Gasteiger partial charge < -0.3 is 9.47 Å². The van der Waals surface area contributed by atoms with Crippen LogP contribution in [-0.2, 0) is 15.9 Å². The van der Waals surface area contributed by atoms with E-state index in [0.717, 1.165) is 6.42 Å². The van der Waals surface area contributed by atoms with Crippen LogP contribution in [0.1, 0.15) is 5.56 Å². The SMILES string of the molecule is [CH]1COCC(Cc2ccccc2)O1. The van der Waals surface area contributed by atoms with Gasteiger partial charge in [-0.05, 0) is 5.56 Å². The van der Waals surface area contributed by atoms with E-state index in [0.29, 0.717) is 13.2 Å². The van der Waals surface area contributed by atoms with Crippen molar-refractivity contribution in [3.63, 3.8) is 0 Å². The maximum Gasteiger partial charge on any atom is 0.110 e. The van der Waals surface area contributed by atoms with E-state index in [1.54, 1.807) is 6.61 Å². The third-order valence-electron chi connectivity index (χ3n) is 2.08. The molecule has 0 N–H and O–H groups in total. The van der Waals surface area contributed by atoms with E-state index in [1.807, 2.05) is 18.2 Å². The van der Waals surface area contributed by atoms with Crippen LogP contribution in [0.2, 0.25) is 0 Å². The van der Waals surface area contributed by atoms with Gasteiger partial charge in [0.15, 0.2) is 0 Å². The minimum Gasteiger partial charge on any atom is -0.376 e. The Hall–Kier alpha value is -0.860. The summed E-state index contributed by atoms with van der Waals surface area (Å²) in [7, 11) is 0. The van der Waals surface area contributed by atoms with Crippen molar-refractivity contribution < 1.29 is 9.47 Å². The molecule has 0 aromatic heterocycles. The lowest BCUT2D eigenvalue weighted by Crippen LogP contribution is -2.27. The average Bonchev–Trinajstić information content (AvgIpc) is 2.21. The van der Waals surface area contributed by atoms with Crippen molar-refractivity contribution in [3.05, 3.63) is 42.5 Å². The fraction of sp³-hybridized carbons (Fsp3) is 0.364. The van der Waals surface area contributed by atoms with E-state index in [4.69, 9.17) is 9.47 Å². The normalized spacial score (nSPS) is 22.9. The first-order valence-electron chi connectivity index (χ1n) is 4.54. The Kier molecular flexibility index (Phi) is 2.95. The molecule has 1 aliphatic heterocycles. The lowest BCUT2D eigenvalue weighted by molar-refractivity contribution is -0.0502. The first-order valence-corrected chi connectivity index (χ1v) is 4.54. The Balaban J connectivity index is 1.90. The highest BCUT2D eigenvalue weighted by molar-refractivity contribution is 5.15. The summed E-state index contributed by atoms with van der Waals surface area (Å²) in [5.74, 6) is 0. The fourth-order valence-corrected chi connectivity index (χ4v) is 1.45. The maximum absolute atomic E-state index is 5.43. The molecule has 0 aliphatic carbocycles. The molecule has 1 unspecified atom stereocenters. The van der Waals surface area contributed by atoms with Gasteiger partial charge in [-0.1, -0.05) is 30.3 Å². The van der Waals surface area contributed by atoms with Crippen molar-refractivity contribution in [1.29, 1.82) is 0 Å². The monoisotopic (exact) mass is 177 g/mol. The largest absolute Gasteiger partial charge is 0.376 e. The van der Waals surface area contributed by atoms with Crippen LogP contribution in [0.4, 0.5) is 0 Å². The van der Waals surface area contributed by atoms with Gasteiger partial charge in [-0.2, -0.15) is 0 Å². The van der Waals surface area contributed by atoms with Crippen LogP contribution in [0.3, 0.4) is 0 Å². The molecule has 13 heavy (non-hydrogen) atoms. The van der Waals surface area contributed by atoms with E-state index < -0.39 is 0 Å². The van der Waals surface area contributed by atoms with E-state index >= 15 is 0 Å². The zero-order valence-electron chi connectivity index (χ0n) is 7.48. The third kappa shape index (κ3) is 2.54. The highest BCUT2D eigenvalue weighted by Gasteiger charge is 2.14. The molecular formula is C11H13O2. The second-order valence-corrected chi connectivity index (χ2v) is 3.15. The molecular weight excluding hydrogens is 164 g/mol. The Morgan fingerprint density at radius 1 is 1.23 bits per heavy atom.